The minimum atomic E-state index is -0.435. The Morgan fingerprint density at radius 3 is 2.03 bits per heavy atom. The number of hydrogen-bond acceptors (Lipinski definition) is 7. The van der Waals surface area contributed by atoms with E-state index in [1.54, 1.807) is 24.7 Å². The van der Waals surface area contributed by atoms with Crippen molar-refractivity contribution in [3.05, 3.63) is 85.5 Å². The van der Waals surface area contributed by atoms with Gasteiger partial charge in [0.2, 0.25) is 0 Å². The molecule has 0 unspecified atom stereocenters. The molecule has 5 aromatic heterocycles. The first kappa shape index (κ1) is 24.7. The smallest absolute Gasteiger partial charge is 0.464 e. The number of pyridine rings is 3. The number of fused-ring (bicyclic) bond motifs is 2. The zero-order valence-electron chi connectivity index (χ0n) is 21.5. The summed E-state index contributed by atoms with van der Waals surface area (Å²) in [5, 5.41) is 0. The number of imidazole rings is 2. The summed E-state index contributed by atoms with van der Waals surface area (Å²) in [4.78, 5) is 23.9. The minimum absolute atomic E-state index is 0.299. The highest BCUT2D eigenvalue weighted by Gasteiger charge is 2.51. The number of carbonyl (C=O) groups excluding carboxylic acids is 1. The molecule has 9 nitrogen and oxygen atoms in total. The normalized spacial score (nSPS) is 16.0. The second kappa shape index (κ2) is 9.46. The standard InChI is InChI=1S/C14H11N3O2.C13H17BN2O2/c1-19-14(18)12-3-2-11(9-16-12)10-4-6-17-7-5-15-13(17)8-10;1-12(2)13(3,4)18-14(17-12)10-5-7-16-8-6-15-11(16)9-10/h2-9H,1H3;5-9H,1-4H3. The second-order valence-corrected chi connectivity index (χ2v) is 9.77. The first-order valence-corrected chi connectivity index (χ1v) is 11.9. The molecule has 1 fully saturated rings. The van der Waals surface area contributed by atoms with Gasteiger partial charge in [-0.15, -0.1) is 0 Å². The predicted molar refractivity (Wildman–Crippen MR) is 141 cm³/mol. The number of aromatic nitrogens is 5. The van der Waals surface area contributed by atoms with E-state index in [-0.39, 0.29) is 18.3 Å². The number of rotatable bonds is 3. The van der Waals surface area contributed by atoms with Crippen molar-refractivity contribution in [3.63, 3.8) is 0 Å². The van der Waals surface area contributed by atoms with Crippen molar-refractivity contribution in [1.29, 1.82) is 0 Å². The maximum absolute atomic E-state index is 11.3. The lowest BCUT2D eigenvalue weighted by Crippen LogP contribution is -2.41. The lowest BCUT2D eigenvalue weighted by Gasteiger charge is -2.32. The van der Waals surface area contributed by atoms with Crippen LogP contribution in [0.15, 0.2) is 79.8 Å². The van der Waals surface area contributed by atoms with Crippen molar-refractivity contribution in [3.8, 4) is 11.1 Å². The van der Waals surface area contributed by atoms with E-state index < -0.39 is 5.97 Å². The Labute approximate surface area is 215 Å². The predicted octanol–water partition coefficient (Wildman–Crippen LogP) is 3.82. The van der Waals surface area contributed by atoms with Crippen molar-refractivity contribution < 1.29 is 18.8 Å². The van der Waals surface area contributed by atoms with Crippen LogP contribution in [0.4, 0.5) is 0 Å². The van der Waals surface area contributed by atoms with Crippen molar-refractivity contribution in [2.45, 2.75) is 38.9 Å². The van der Waals surface area contributed by atoms with Crippen LogP contribution in [-0.2, 0) is 14.0 Å². The molecule has 188 valence electrons. The Balaban J connectivity index is 0.000000152. The molecule has 0 bridgehead atoms. The molecular formula is C27H28BN5O4. The highest BCUT2D eigenvalue weighted by molar-refractivity contribution is 6.62. The topological polar surface area (TPSA) is 92.3 Å². The molecule has 5 aromatic rings. The van der Waals surface area contributed by atoms with E-state index >= 15 is 0 Å². The lowest BCUT2D eigenvalue weighted by molar-refractivity contribution is 0.00578. The molecule has 6 heterocycles. The summed E-state index contributed by atoms with van der Waals surface area (Å²) in [7, 11) is 1.01. The number of methoxy groups -OCH3 is 1. The molecule has 0 aromatic carbocycles. The van der Waals surface area contributed by atoms with E-state index in [1.807, 2.05) is 63.9 Å². The van der Waals surface area contributed by atoms with Gasteiger partial charge in [-0.1, -0.05) is 6.07 Å². The van der Waals surface area contributed by atoms with Gasteiger partial charge in [0.15, 0.2) is 0 Å². The summed E-state index contributed by atoms with van der Waals surface area (Å²) >= 11 is 0. The Morgan fingerprint density at radius 1 is 0.811 bits per heavy atom. The molecule has 0 spiro atoms. The molecule has 1 saturated heterocycles. The zero-order chi connectivity index (χ0) is 26.2. The fourth-order valence-corrected chi connectivity index (χ4v) is 3.93. The Morgan fingerprint density at radius 2 is 1.43 bits per heavy atom. The van der Waals surface area contributed by atoms with Crippen LogP contribution in [0.1, 0.15) is 38.2 Å². The van der Waals surface area contributed by atoms with Gasteiger partial charge in [0.05, 0.1) is 18.3 Å². The number of carbonyl (C=O) groups is 1. The summed E-state index contributed by atoms with van der Waals surface area (Å²) in [6, 6.07) is 11.4. The molecule has 0 amide bonds. The summed E-state index contributed by atoms with van der Waals surface area (Å²) in [5.41, 5.74) is 4.40. The second-order valence-electron chi connectivity index (χ2n) is 9.77. The van der Waals surface area contributed by atoms with Gasteiger partial charge in [0.25, 0.3) is 0 Å². The van der Waals surface area contributed by atoms with E-state index in [0.29, 0.717) is 5.69 Å². The van der Waals surface area contributed by atoms with Crippen LogP contribution in [0, 0.1) is 0 Å². The minimum Gasteiger partial charge on any atom is -0.464 e. The van der Waals surface area contributed by atoms with E-state index in [2.05, 4.69) is 47.4 Å². The Bertz CT molecular complexity index is 1540. The van der Waals surface area contributed by atoms with Crippen molar-refractivity contribution >= 4 is 29.8 Å². The van der Waals surface area contributed by atoms with Crippen LogP contribution in [-0.4, -0.2) is 55.2 Å². The molecule has 6 rings (SSSR count). The van der Waals surface area contributed by atoms with Gasteiger partial charge < -0.3 is 22.8 Å². The fraction of sp³-hybridized carbons (Fsp3) is 0.259. The van der Waals surface area contributed by atoms with Gasteiger partial charge in [-0.05, 0) is 69.1 Å². The summed E-state index contributed by atoms with van der Waals surface area (Å²) in [6.07, 6.45) is 12.9. The summed E-state index contributed by atoms with van der Waals surface area (Å²) < 4.78 is 20.5. The van der Waals surface area contributed by atoms with Crippen molar-refractivity contribution in [2.75, 3.05) is 7.11 Å². The molecule has 0 radical (unpaired) electrons. The quantitative estimate of drug-likeness (QED) is 0.277. The van der Waals surface area contributed by atoms with Gasteiger partial charge in [0.1, 0.15) is 17.0 Å². The number of hydrogen-bond donors (Lipinski definition) is 0. The van der Waals surface area contributed by atoms with Crippen molar-refractivity contribution in [1.82, 2.24) is 23.8 Å². The average Bonchev–Trinajstić information content (AvgIpc) is 3.60. The Kier molecular flexibility index (Phi) is 6.30. The fourth-order valence-electron chi connectivity index (χ4n) is 3.93. The van der Waals surface area contributed by atoms with Crippen LogP contribution < -0.4 is 5.46 Å². The first-order valence-electron chi connectivity index (χ1n) is 11.9. The van der Waals surface area contributed by atoms with Gasteiger partial charge in [-0.25, -0.2) is 19.7 Å². The van der Waals surface area contributed by atoms with Crippen LogP contribution >= 0.6 is 0 Å². The van der Waals surface area contributed by atoms with Gasteiger partial charge in [0, 0.05) is 48.9 Å². The molecule has 0 aliphatic carbocycles. The molecule has 0 atom stereocenters. The lowest BCUT2D eigenvalue weighted by atomic mass is 9.80. The SMILES string of the molecule is CC1(C)OB(c2ccn3ccnc3c2)OC1(C)C.COC(=O)c1ccc(-c2ccn3ccnc3c2)cn1. The average molecular weight is 497 g/mol. The molecule has 0 N–H and O–H groups in total. The molecule has 10 heteroatoms. The Hall–Kier alpha value is -4.02. The van der Waals surface area contributed by atoms with Crippen LogP contribution in [0.3, 0.4) is 0 Å². The highest BCUT2D eigenvalue weighted by atomic mass is 16.7. The molecule has 1 aliphatic rings. The van der Waals surface area contributed by atoms with E-state index in [0.717, 1.165) is 27.9 Å². The number of nitrogens with zero attached hydrogens (tertiary/aromatic N) is 5. The largest absolute Gasteiger partial charge is 0.495 e. The maximum atomic E-state index is 11.3. The van der Waals surface area contributed by atoms with E-state index in [9.17, 15) is 4.79 Å². The maximum Gasteiger partial charge on any atom is 0.495 e. The van der Waals surface area contributed by atoms with Crippen LogP contribution in [0.2, 0.25) is 0 Å². The van der Waals surface area contributed by atoms with Crippen LogP contribution in [0.25, 0.3) is 22.4 Å². The van der Waals surface area contributed by atoms with Gasteiger partial charge >= 0.3 is 13.1 Å². The third kappa shape index (κ3) is 4.85. The molecular weight excluding hydrogens is 469 g/mol. The summed E-state index contributed by atoms with van der Waals surface area (Å²) in [6.45, 7) is 8.23. The number of esters is 1. The molecule has 37 heavy (non-hydrogen) atoms. The highest BCUT2D eigenvalue weighted by Crippen LogP contribution is 2.36. The van der Waals surface area contributed by atoms with E-state index in [4.69, 9.17) is 9.31 Å². The van der Waals surface area contributed by atoms with Gasteiger partial charge in [-0.2, -0.15) is 0 Å². The molecule has 0 saturated carbocycles. The number of ether oxygens (including phenoxy) is 1. The summed E-state index contributed by atoms with van der Waals surface area (Å²) in [5.74, 6) is -0.435. The van der Waals surface area contributed by atoms with Gasteiger partial charge in [-0.3, -0.25) is 0 Å². The third-order valence-electron chi connectivity index (χ3n) is 6.84. The third-order valence-corrected chi connectivity index (χ3v) is 6.84. The van der Waals surface area contributed by atoms with Crippen molar-refractivity contribution in [2.24, 2.45) is 0 Å². The molecule has 1 aliphatic heterocycles. The van der Waals surface area contributed by atoms with E-state index in [1.165, 1.54) is 7.11 Å². The first-order chi connectivity index (χ1) is 17.7. The monoisotopic (exact) mass is 497 g/mol. The zero-order valence-corrected chi connectivity index (χ0v) is 21.5. The van der Waals surface area contributed by atoms with Crippen LogP contribution in [0.5, 0.6) is 0 Å².